The summed E-state index contributed by atoms with van der Waals surface area (Å²) in [6.07, 6.45) is 5.28. The van der Waals surface area contributed by atoms with Crippen molar-refractivity contribution >= 4 is 0 Å². The number of nitrogens with one attached hydrogen (secondary N) is 1. The summed E-state index contributed by atoms with van der Waals surface area (Å²) in [5, 5.41) is 0. The lowest BCUT2D eigenvalue weighted by molar-refractivity contribution is 0.638. The van der Waals surface area contributed by atoms with Gasteiger partial charge in [-0.05, 0) is 6.42 Å². The molecule has 1 rings (SSSR count). The van der Waals surface area contributed by atoms with Crippen molar-refractivity contribution in [1.29, 1.82) is 0 Å². The minimum atomic E-state index is -0.0570. The average molecular weight is 166 g/mol. The Morgan fingerprint density at radius 2 is 2.42 bits per heavy atom. The third kappa shape index (κ3) is 1.94. The van der Waals surface area contributed by atoms with Crippen LogP contribution in [-0.4, -0.2) is 9.97 Å². The Morgan fingerprint density at radius 3 is 3.00 bits per heavy atom. The number of aromatic amines is 1. The van der Waals surface area contributed by atoms with E-state index in [9.17, 15) is 4.79 Å². The summed E-state index contributed by atoms with van der Waals surface area (Å²) in [5.41, 5.74) is 0.595. The van der Waals surface area contributed by atoms with Crippen LogP contribution in [0, 0.1) is 0 Å². The van der Waals surface area contributed by atoms with Gasteiger partial charge in [0.2, 0.25) is 0 Å². The molecule has 66 valence electrons. The van der Waals surface area contributed by atoms with E-state index in [2.05, 4.69) is 16.9 Å². The lowest BCUT2D eigenvalue weighted by Gasteiger charge is -2.06. The van der Waals surface area contributed by atoms with Crippen molar-refractivity contribution in [1.82, 2.24) is 9.97 Å². The number of hydrogen-bond acceptors (Lipinski definition) is 2. The van der Waals surface area contributed by atoms with Gasteiger partial charge in [0.25, 0.3) is 5.56 Å². The van der Waals surface area contributed by atoms with E-state index in [1.807, 2.05) is 6.92 Å². The van der Waals surface area contributed by atoms with Gasteiger partial charge in [-0.3, -0.25) is 9.78 Å². The third-order valence-electron chi connectivity index (χ3n) is 1.92. The first-order chi connectivity index (χ1) is 5.75. The Kier molecular flexibility index (Phi) is 3.02. The molecule has 0 aliphatic rings. The van der Waals surface area contributed by atoms with Gasteiger partial charge in [-0.25, -0.2) is 0 Å². The highest BCUT2D eigenvalue weighted by molar-refractivity contribution is 5.01. The predicted molar refractivity (Wildman–Crippen MR) is 48.2 cm³/mol. The highest BCUT2D eigenvalue weighted by Crippen LogP contribution is 2.13. The van der Waals surface area contributed by atoms with Crippen molar-refractivity contribution in [2.24, 2.45) is 0 Å². The Labute approximate surface area is 71.9 Å². The molecule has 1 aromatic heterocycles. The summed E-state index contributed by atoms with van der Waals surface area (Å²) in [4.78, 5) is 17.9. The first kappa shape index (κ1) is 8.97. The fraction of sp³-hybridized carbons (Fsp3) is 0.556. The first-order valence-corrected chi connectivity index (χ1v) is 4.29. The van der Waals surface area contributed by atoms with Gasteiger partial charge < -0.3 is 4.98 Å². The summed E-state index contributed by atoms with van der Waals surface area (Å²) in [6, 6.07) is 0. The molecule has 0 bridgehead atoms. The molecule has 0 spiro atoms. The molecule has 1 unspecified atom stereocenters. The molecule has 3 heteroatoms. The van der Waals surface area contributed by atoms with Gasteiger partial charge in [0, 0.05) is 18.3 Å². The van der Waals surface area contributed by atoms with Crippen molar-refractivity contribution in [3.63, 3.8) is 0 Å². The van der Waals surface area contributed by atoms with Crippen LogP contribution in [-0.2, 0) is 0 Å². The number of rotatable bonds is 3. The molecule has 0 amide bonds. The van der Waals surface area contributed by atoms with Gasteiger partial charge in [0.15, 0.2) is 0 Å². The van der Waals surface area contributed by atoms with Crippen molar-refractivity contribution in [3.05, 3.63) is 28.4 Å². The van der Waals surface area contributed by atoms with Gasteiger partial charge in [0.05, 0.1) is 0 Å². The van der Waals surface area contributed by atoms with E-state index < -0.39 is 0 Å². The molecule has 0 saturated carbocycles. The van der Waals surface area contributed by atoms with Gasteiger partial charge >= 0.3 is 0 Å². The molecule has 0 aliphatic carbocycles. The highest BCUT2D eigenvalue weighted by Gasteiger charge is 2.08. The van der Waals surface area contributed by atoms with Crippen LogP contribution in [0.25, 0.3) is 0 Å². The standard InChI is InChI=1S/C9H14N2O/c1-3-4-7(2)8-9(12)11-6-5-10-8/h5-7H,3-4H2,1-2H3,(H,11,12). The molecule has 1 N–H and O–H groups in total. The number of H-pyrrole nitrogens is 1. The van der Waals surface area contributed by atoms with Gasteiger partial charge in [0.1, 0.15) is 5.69 Å². The Balaban J connectivity index is 2.87. The lowest BCUT2D eigenvalue weighted by Crippen LogP contribution is -2.16. The summed E-state index contributed by atoms with van der Waals surface area (Å²) in [5.74, 6) is 0.264. The van der Waals surface area contributed by atoms with Crippen LogP contribution in [0.1, 0.15) is 38.3 Å². The van der Waals surface area contributed by atoms with E-state index in [0.717, 1.165) is 12.8 Å². The van der Waals surface area contributed by atoms with E-state index in [1.54, 1.807) is 12.4 Å². The minimum absolute atomic E-state index is 0.0570. The fourth-order valence-electron chi connectivity index (χ4n) is 1.28. The zero-order valence-corrected chi connectivity index (χ0v) is 7.50. The van der Waals surface area contributed by atoms with Crippen LogP contribution in [0.3, 0.4) is 0 Å². The lowest BCUT2D eigenvalue weighted by atomic mass is 10.0. The van der Waals surface area contributed by atoms with Crippen LogP contribution < -0.4 is 5.56 Å². The minimum Gasteiger partial charge on any atom is -0.326 e. The average Bonchev–Trinajstić information content (AvgIpc) is 2.05. The van der Waals surface area contributed by atoms with E-state index in [4.69, 9.17) is 0 Å². The predicted octanol–water partition coefficient (Wildman–Crippen LogP) is 1.67. The number of aromatic nitrogens is 2. The van der Waals surface area contributed by atoms with Crippen molar-refractivity contribution in [3.8, 4) is 0 Å². The quantitative estimate of drug-likeness (QED) is 0.742. The summed E-state index contributed by atoms with van der Waals surface area (Å²) in [6.45, 7) is 4.13. The second-order valence-electron chi connectivity index (χ2n) is 2.99. The van der Waals surface area contributed by atoms with Crippen molar-refractivity contribution in [2.45, 2.75) is 32.6 Å². The Hall–Kier alpha value is -1.12. The molecular formula is C9H14N2O. The molecule has 0 aromatic carbocycles. The molecule has 0 radical (unpaired) electrons. The fourth-order valence-corrected chi connectivity index (χ4v) is 1.28. The zero-order chi connectivity index (χ0) is 8.97. The van der Waals surface area contributed by atoms with Gasteiger partial charge in [-0.15, -0.1) is 0 Å². The van der Waals surface area contributed by atoms with Crippen molar-refractivity contribution < 1.29 is 0 Å². The smallest absolute Gasteiger partial charge is 0.269 e. The largest absolute Gasteiger partial charge is 0.326 e. The van der Waals surface area contributed by atoms with Crippen molar-refractivity contribution in [2.75, 3.05) is 0 Å². The monoisotopic (exact) mass is 166 g/mol. The van der Waals surface area contributed by atoms with Gasteiger partial charge in [-0.1, -0.05) is 20.3 Å². The molecule has 12 heavy (non-hydrogen) atoms. The summed E-state index contributed by atoms with van der Waals surface area (Å²) >= 11 is 0. The van der Waals surface area contributed by atoms with E-state index in [1.165, 1.54) is 0 Å². The zero-order valence-electron chi connectivity index (χ0n) is 7.50. The molecule has 1 heterocycles. The van der Waals surface area contributed by atoms with Crippen LogP contribution in [0.5, 0.6) is 0 Å². The normalized spacial score (nSPS) is 12.8. The number of nitrogens with zero attached hydrogens (tertiary/aromatic N) is 1. The highest BCUT2D eigenvalue weighted by atomic mass is 16.1. The topological polar surface area (TPSA) is 45.8 Å². The van der Waals surface area contributed by atoms with Crippen LogP contribution in [0.4, 0.5) is 0 Å². The van der Waals surface area contributed by atoms with Crippen LogP contribution in [0.2, 0.25) is 0 Å². The Morgan fingerprint density at radius 1 is 1.67 bits per heavy atom. The Bertz CT molecular complexity index is 293. The summed E-state index contributed by atoms with van der Waals surface area (Å²) < 4.78 is 0. The van der Waals surface area contributed by atoms with E-state index >= 15 is 0 Å². The maximum Gasteiger partial charge on any atom is 0.269 e. The number of hydrogen-bond donors (Lipinski definition) is 1. The molecule has 0 fully saturated rings. The molecule has 0 aliphatic heterocycles. The molecule has 1 aromatic rings. The van der Waals surface area contributed by atoms with Crippen LogP contribution in [0.15, 0.2) is 17.2 Å². The molecule has 0 saturated heterocycles. The maximum atomic E-state index is 11.2. The third-order valence-corrected chi connectivity index (χ3v) is 1.92. The van der Waals surface area contributed by atoms with Crippen LogP contribution >= 0.6 is 0 Å². The molecular weight excluding hydrogens is 152 g/mol. The van der Waals surface area contributed by atoms with E-state index in [-0.39, 0.29) is 11.5 Å². The SMILES string of the molecule is CCCC(C)c1ncc[nH]c1=O. The van der Waals surface area contributed by atoms with Gasteiger partial charge in [-0.2, -0.15) is 0 Å². The molecule has 1 atom stereocenters. The second-order valence-corrected chi connectivity index (χ2v) is 2.99. The first-order valence-electron chi connectivity index (χ1n) is 4.29. The summed E-state index contributed by atoms with van der Waals surface area (Å²) in [7, 11) is 0. The molecule has 3 nitrogen and oxygen atoms in total. The second kappa shape index (κ2) is 4.04. The maximum absolute atomic E-state index is 11.2. The van der Waals surface area contributed by atoms with E-state index in [0.29, 0.717) is 5.69 Å².